The topological polar surface area (TPSA) is 21.6 Å². The monoisotopic (exact) mass is 289 g/mol. The van der Waals surface area contributed by atoms with Crippen LogP contribution in [0.15, 0.2) is 65.8 Å². The first-order valence-electron chi connectivity index (χ1n) is 7.47. The lowest BCUT2D eigenvalue weighted by Gasteiger charge is -2.10. The minimum absolute atomic E-state index is 0.201. The molecule has 0 N–H and O–H groups in total. The highest BCUT2D eigenvalue weighted by molar-refractivity contribution is 5.95. The predicted molar refractivity (Wildman–Crippen MR) is 89.7 cm³/mol. The molecule has 22 heavy (non-hydrogen) atoms. The molecule has 3 rings (SSSR count). The van der Waals surface area contributed by atoms with Gasteiger partial charge in [0.2, 0.25) is 0 Å². The zero-order chi connectivity index (χ0) is 15.4. The van der Waals surface area contributed by atoms with Crippen LogP contribution in [0.4, 0.5) is 0 Å². The molecule has 0 heterocycles. The molecule has 0 aliphatic heterocycles. The number of nitrogens with zero attached hydrogens (tertiary/aromatic N) is 1. The fourth-order valence-corrected chi connectivity index (χ4v) is 2.90. The molecular weight excluding hydrogens is 270 g/mol. The van der Waals surface area contributed by atoms with Crippen molar-refractivity contribution >= 4 is 5.71 Å². The van der Waals surface area contributed by atoms with Gasteiger partial charge in [0.05, 0.1) is 11.1 Å². The van der Waals surface area contributed by atoms with E-state index in [0.29, 0.717) is 5.92 Å². The van der Waals surface area contributed by atoms with Gasteiger partial charge in [-0.1, -0.05) is 65.5 Å². The van der Waals surface area contributed by atoms with E-state index in [4.69, 9.17) is 4.84 Å². The molecule has 2 nitrogen and oxygen atoms in total. The second-order valence-corrected chi connectivity index (χ2v) is 5.61. The SMILES string of the molecule is CO/N=C(/C)[C@]1(C#Cc2ccccc2)C[C@H]1c1ccccc1. The molecule has 0 spiro atoms. The molecule has 2 atom stereocenters. The van der Waals surface area contributed by atoms with E-state index in [-0.39, 0.29) is 5.41 Å². The minimum atomic E-state index is -0.201. The molecule has 0 radical (unpaired) electrons. The molecule has 1 saturated carbocycles. The fourth-order valence-electron chi connectivity index (χ4n) is 2.90. The molecule has 1 aliphatic carbocycles. The van der Waals surface area contributed by atoms with Crippen LogP contribution in [0.2, 0.25) is 0 Å². The van der Waals surface area contributed by atoms with Gasteiger partial charge in [0.25, 0.3) is 0 Å². The average Bonchev–Trinajstić information content (AvgIpc) is 3.31. The Kier molecular flexibility index (Phi) is 3.98. The summed E-state index contributed by atoms with van der Waals surface area (Å²) in [6.45, 7) is 2.01. The predicted octanol–water partition coefficient (Wildman–Crippen LogP) is 4.23. The van der Waals surface area contributed by atoms with Crippen molar-refractivity contribution in [2.45, 2.75) is 19.3 Å². The summed E-state index contributed by atoms with van der Waals surface area (Å²) in [5, 5.41) is 4.16. The fraction of sp³-hybridized carbons (Fsp3) is 0.250. The lowest BCUT2D eigenvalue weighted by atomic mass is 9.94. The first-order valence-corrected chi connectivity index (χ1v) is 7.47. The number of hydrogen-bond donors (Lipinski definition) is 0. The van der Waals surface area contributed by atoms with Crippen LogP contribution in [-0.4, -0.2) is 12.8 Å². The third-order valence-electron chi connectivity index (χ3n) is 4.24. The van der Waals surface area contributed by atoms with Gasteiger partial charge in [0.15, 0.2) is 0 Å². The van der Waals surface area contributed by atoms with E-state index in [1.165, 1.54) is 5.56 Å². The lowest BCUT2D eigenvalue weighted by Crippen LogP contribution is -2.13. The van der Waals surface area contributed by atoms with Gasteiger partial charge in [-0.2, -0.15) is 0 Å². The molecule has 1 fully saturated rings. The first-order chi connectivity index (χ1) is 10.8. The normalized spacial score (nSPS) is 23.4. The molecular formula is C20H19NO. The van der Waals surface area contributed by atoms with E-state index in [2.05, 4.69) is 41.3 Å². The van der Waals surface area contributed by atoms with Crippen molar-refractivity contribution in [3.05, 3.63) is 71.8 Å². The Hall–Kier alpha value is -2.53. The van der Waals surface area contributed by atoms with Gasteiger partial charge >= 0.3 is 0 Å². The molecule has 2 aromatic carbocycles. The molecule has 0 amide bonds. The van der Waals surface area contributed by atoms with Crippen molar-refractivity contribution in [1.29, 1.82) is 0 Å². The van der Waals surface area contributed by atoms with Crippen LogP contribution in [-0.2, 0) is 4.84 Å². The Morgan fingerprint density at radius 1 is 1.09 bits per heavy atom. The largest absolute Gasteiger partial charge is 0.399 e. The van der Waals surface area contributed by atoms with Crippen LogP contribution in [0.5, 0.6) is 0 Å². The zero-order valence-electron chi connectivity index (χ0n) is 12.9. The smallest absolute Gasteiger partial charge is 0.106 e. The molecule has 0 bridgehead atoms. The van der Waals surface area contributed by atoms with E-state index in [0.717, 1.165) is 17.7 Å². The Labute approximate surface area is 131 Å². The Balaban J connectivity index is 1.94. The van der Waals surface area contributed by atoms with Crippen LogP contribution in [0.25, 0.3) is 0 Å². The van der Waals surface area contributed by atoms with Crippen LogP contribution in [0.3, 0.4) is 0 Å². The lowest BCUT2D eigenvalue weighted by molar-refractivity contribution is 0.211. The third-order valence-corrected chi connectivity index (χ3v) is 4.24. The number of oxime groups is 1. The van der Waals surface area contributed by atoms with Gasteiger partial charge in [0, 0.05) is 11.5 Å². The van der Waals surface area contributed by atoms with E-state index >= 15 is 0 Å². The van der Waals surface area contributed by atoms with Gasteiger partial charge in [-0.25, -0.2) is 0 Å². The standard InChI is InChI=1S/C20H19NO/c1-16(21-22-2)20(14-13-17-9-5-3-6-10-17)15-19(20)18-11-7-4-8-12-18/h3-12,19H,15H2,1-2H3/b21-16-/t19-,20-/m0/s1. The van der Waals surface area contributed by atoms with Gasteiger partial charge < -0.3 is 4.84 Å². The maximum absolute atomic E-state index is 4.99. The first kappa shape index (κ1) is 14.4. The van der Waals surface area contributed by atoms with Crippen LogP contribution in [0, 0.1) is 17.3 Å². The highest BCUT2D eigenvalue weighted by Crippen LogP contribution is 2.60. The molecule has 2 aromatic rings. The Morgan fingerprint density at radius 3 is 2.36 bits per heavy atom. The quantitative estimate of drug-likeness (QED) is 0.470. The summed E-state index contributed by atoms with van der Waals surface area (Å²) in [7, 11) is 1.59. The molecule has 0 aromatic heterocycles. The van der Waals surface area contributed by atoms with Crippen LogP contribution in [0.1, 0.15) is 30.4 Å². The highest BCUT2D eigenvalue weighted by atomic mass is 16.6. The van der Waals surface area contributed by atoms with Crippen LogP contribution >= 0.6 is 0 Å². The van der Waals surface area contributed by atoms with E-state index in [1.54, 1.807) is 7.11 Å². The minimum Gasteiger partial charge on any atom is -0.399 e. The van der Waals surface area contributed by atoms with E-state index < -0.39 is 0 Å². The number of hydrogen-bond acceptors (Lipinski definition) is 2. The summed E-state index contributed by atoms with van der Waals surface area (Å²) in [4.78, 5) is 4.99. The average molecular weight is 289 g/mol. The molecule has 1 aliphatic rings. The second kappa shape index (κ2) is 6.07. The number of rotatable bonds is 3. The third kappa shape index (κ3) is 2.76. The molecule has 2 heteroatoms. The van der Waals surface area contributed by atoms with E-state index in [1.807, 2.05) is 43.3 Å². The Morgan fingerprint density at radius 2 is 1.73 bits per heavy atom. The van der Waals surface area contributed by atoms with E-state index in [9.17, 15) is 0 Å². The summed E-state index contributed by atoms with van der Waals surface area (Å²) >= 11 is 0. The number of benzene rings is 2. The summed E-state index contributed by atoms with van der Waals surface area (Å²) in [6.07, 6.45) is 0.996. The summed E-state index contributed by atoms with van der Waals surface area (Å²) in [5.74, 6) is 7.15. The van der Waals surface area contributed by atoms with Gasteiger partial charge in [0.1, 0.15) is 7.11 Å². The van der Waals surface area contributed by atoms with Gasteiger partial charge in [-0.3, -0.25) is 0 Å². The maximum atomic E-state index is 4.99. The second-order valence-electron chi connectivity index (χ2n) is 5.61. The van der Waals surface area contributed by atoms with Crippen molar-refractivity contribution in [2.24, 2.45) is 10.6 Å². The van der Waals surface area contributed by atoms with Crippen LogP contribution < -0.4 is 0 Å². The summed E-state index contributed by atoms with van der Waals surface area (Å²) in [6, 6.07) is 20.6. The van der Waals surface area contributed by atoms with Crippen molar-refractivity contribution in [3.8, 4) is 11.8 Å². The molecule has 0 saturated heterocycles. The maximum Gasteiger partial charge on any atom is 0.106 e. The summed E-state index contributed by atoms with van der Waals surface area (Å²) < 4.78 is 0. The zero-order valence-corrected chi connectivity index (χ0v) is 12.9. The molecule has 0 unspecified atom stereocenters. The van der Waals surface area contributed by atoms with Gasteiger partial charge in [-0.15, -0.1) is 0 Å². The Bertz CT molecular complexity index is 725. The van der Waals surface area contributed by atoms with Crippen molar-refractivity contribution in [1.82, 2.24) is 0 Å². The summed E-state index contributed by atoms with van der Waals surface area (Å²) in [5.41, 5.74) is 3.10. The van der Waals surface area contributed by atoms with Crippen molar-refractivity contribution in [3.63, 3.8) is 0 Å². The molecule has 110 valence electrons. The van der Waals surface area contributed by atoms with Crippen molar-refractivity contribution in [2.75, 3.05) is 7.11 Å². The highest BCUT2D eigenvalue weighted by Gasteiger charge is 2.56. The van der Waals surface area contributed by atoms with Crippen molar-refractivity contribution < 1.29 is 4.84 Å². The van der Waals surface area contributed by atoms with Gasteiger partial charge in [-0.05, 0) is 31.0 Å².